The Hall–Kier alpha value is -1.58. The van der Waals surface area contributed by atoms with Gasteiger partial charge < -0.3 is 5.21 Å². The lowest BCUT2D eigenvalue weighted by atomic mass is 10.3. The maximum absolute atomic E-state index is 11.2. The van der Waals surface area contributed by atoms with E-state index in [9.17, 15) is 5.21 Å². The zero-order valence-corrected chi connectivity index (χ0v) is 7.14. The molecule has 0 radical (unpaired) electrons. The average molecular weight is 165 g/mol. The van der Waals surface area contributed by atoms with E-state index in [4.69, 9.17) is 0 Å². The molecular weight excluding hydrogens is 154 g/mol. The van der Waals surface area contributed by atoms with E-state index in [1.165, 1.54) is 5.01 Å². The number of benzene rings is 1. The molecule has 0 N–H and O–H groups in total. The van der Waals surface area contributed by atoms with Crippen LogP contribution in [0.25, 0.3) is 0 Å². The summed E-state index contributed by atoms with van der Waals surface area (Å²) in [6, 6.07) is 8.86. The summed E-state index contributed by atoms with van der Waals surface area (Å²) in [4.78, 5) is 0.583. The molecule has 4 nitrogen and oxygen atoms in total. The molecule has 0 aliphatic carbocycles. The van der Waals surface area contributed by atoms with Gasteiger partial charge in [0.05, 0.1) is 19.3 Å². The van der Waals surface area contributed by atoms with E-state index in [0.717, 1.165) is 0 Å². The highest BCUT2D eigenvalue weighted by atomic mass is 16.5. The normalized spacial score (nSPS) is 11.3. The minimum absolute atomic E-state index is 0.534. The summed E-state index contributed by atoms with van der Waals surface area (Å²) in [6.07, 6.45) is 0. The van der Waals surface area contributed by atoms with Gasteiger partial charge in [0.25, 0.3) is 0 Å². The largest absolute Gasteiger partial charge is 0.691 e. The van der Waals surface area contributed by atoms with E-state index in [2.05, 4.69) is 5.22 Å². The minimum Gasteiger partial charge on any atom is -0.691 e. The van der Waals surface area contributed by atoms with Crippen LogP contribution in [0, 0.1) is 5.21 Å². The molecule has 0 heterocycles. The second-order valence-corrected chi connectivity index (χ2v) is 2.55. The van der Waals surface area contributed by atoms with Gasteiger partial charge in [-0.2, -0.15) is 5.01 Å². The van der Waals surface area contributed by atoms with Crippen LogP contribution in [0.3, 0.4) is 0 Å². The molecule has 0 aromatic heterocycles. The third-order valence-corrected chi connectivity index (χ3v) is 1.24. The molecule has 12 heavy (non-hydrogen) atoms. The fourth-order valence-electron chi connectivity index (χ4n) is 0.770. The van der Waals surface area contributed by atoms with Crippen molar-refractivity contribution in [3.8, 4) is 0 Å². The molecule has 1 aromatic rings. The second kappa shape index (κ2) is 3.71. The van der Waals surface area contributed by atoms with Crippen molar-refractivity contribution < 1.29 is 4.86 Å². The molecular formula is C8H11N3O. The molecule has 0 unspecified atom stereocenters. The van der Waals surface area contributed by atoms with Gasteiger partial charge in [0.15, 0.2) is 5.69 Å². The molecule has 0 aliphatic heterocycles. The quantitative estimate of drug-likeness (QED) is 0.380. The van der Waals surface area contributed by atoms with Gasteiger partial charge >= 0.3 is 0 Å². The van der Waals surface area contributed by atoms with Gasteiger partial charge in [-0.25, -0.2) is 0 Å². The van der Waals surface area contributed by atoms with Crippen LogP contribution in [0.2, 0.25) is 0 Å². The topological polar surface area (TPSA) is 41.7 Å². The SMILES string of the molecule is CN(C)N=[N+]([O-])c1ccccc1. The van der Waals surface area contributed by atoms with Crippen LogP contribution in [0.4, 0.5) is 5.69 Å². The van der Waals surface area contributed by atoms with Crippen molar-refractivity contribution in [2.45, 2.75) is 0 Å². The second-order valence-electron chi connectivity index (χ2n) is 2.55. The maximum atomic E-state index is 11.2. The monoisotopic (exact) mass is 165 g/mol. The Balaban J connectivity index is 2.85. The lowest BCUT2D eigenvalue weighted by Gasteiger charge is -2.06. The number of para-hydroxylation sites is 1. The minimum atomic E-state index is 0.534. The molecule has 0 spiro atoms. The molecule has 0 aliphatic rings. The van der Waals surface area contributed by atoms with Gasteiger partial charge in [-0.3, -0.25) is 0 Å². The van der Waals surface area contributed by atoms with Crippen LogP contribution in [-0.2, 0) is 0 Å². The van der Waals surface area contributed by atoms with Gasteiger partial charge in [-0.1, -0.05) is 18.2 Å². The Morgan fingerprint density at radius 1 is 1.25 bits per heavy atom. The molecule has 0 saturated heterocycles. The average Bonchev–Trinajstić information content (AvgIpc) is 2.05. The van der Waals surface area contributed by atoms with Crippen molar-refractivity contribution in [2.24, 2.45) is 5.22 Å². The third kappa shape index (κ3) is 2.23. The lowest BCUT2D eigenvalue weighted by molar-refractivity contribution is -0.459. The highest BCUT2D eigenvalue weighted by molar-refractivity contribution is 5.27. The first-order valence-electron chi connectivity index (χ1n) is 3.61. The van der Waals surface area contributed by atoms with Gasteiger partial charge in [0.1, 0.15) is 0 Å². The van der Waals surface area contributed by atoms with Gasteiger partial charge in [0, 0.05) is 0 Å². The van der Waals surface area contributed by atoms with Crippen LogP contribution in [0.1, 0.15) is 0 Å². The summed E-state index contributed by atoms with van der Waals surface area (Å²) in [6.45, 7) is 0. The Bertz CT molecular complexity index is 269. The zero-order valence-electron chi connectivity index (χ0n) is 7.14. The first-order chi connectivity index (χ1) is 5.70. The summed E-state index contributed by atoms with van der Waals surface area (Å²) in [5.41, 5.74) is 0.534. The summed E-state index contributed by atoms with van der Waals surface area (Å²) >= 11 is 0. The van der Waals surface area contributed by atoms with Crippen molar-refractivity contribution in [1.82, 2.24) is 5.01 Å². The fourth-order valence-corrected chi connectivity index (χ4v) is 0.770. The maximum Gasteiger partial charge on any atom is 0.154 e. The Kier molecular flexibility index (Phi) is 2.63. The van der Waals surface area contributed by atoms with Crippen molar-refractivity contribution in [3.63, 3.8) is 0 Å². The summed E-state index contributed by atoms with van der Waals surface area (Å²) in [7, 11) is 3.40. The van der Waals surface area contributed by atoms with E-state index in [-0.39, 0.29) is 0 Å². The predicted octanol–water partition coefficient (Wildman–Crippen LogP) is 1.76. The number of rotatable bonds is 2. The first-order valence-corrected chi connectivity index (χ1v) is 3.61. The van der Waals surface area contributed by atoms with Gasteiger partial charge in [0.2, 0.25) is 0 Å². The van der Waals surface area contributed by atoms with Crippen LogP contribution >= 0.6 is 0 Å². The molecule has 4 heteroatoms. The molecule has 0 amide bonds. The molecule has 64 valence electrons. The predicted molar refractivity (Wildman–Crippen MR) is 45.8 cm³/mol. The van der Waals surface area contributed by atoms with E-state index in [1.54, 1.807) is 38.4 Å². The molecule has 0 saturated carbocycles. The van der Waals surface area contributed by atoms with E-state index >= 15 is 0 Å². The van der Waals surface area contributed by atoms with Crippen molar-refractivity contribution >= 4 is 5.69 Å². The summed E-state index contributed by atoms with van der Waals surface area (Å²) in [5, 5.41) is 16.3. The summed E-state index contributed by atoms with van der Waals surface area (Å²) in [5.74, 6) is 0. The Morgan fingerprint density at radius 2 is 1.83 bits per heavy atom. The fraction of sp³-hybridized carbons (Fsp3) is 0.250. The highest BCUT2D eigenvalue weighted by Crippen LogP contribution is 2.09. The van der Waals surface area contributed by atoms with Crippen molar-refractivity contribution in [2.75, 3.05) is 14.1 Å². The Labute approximate surface area is 71.3 Å². The number of hydrogen-bond acceptors (Lipinski definition) is 2. The molecule has 0 bridgehead atoms. The molecule has 0 fully saturated rings. The zero-order chi connectivity index (χ0) is 8.97. The van der Waals surface area contributed by atoms with Crippen LogP contribution in [0.15, 0.2) is 35.6 Å². The van der Waals surface area contributed by atoms with E-state index in [0.29, 0.717) is 10.5 Å². The smallest absolute Gasteiger partial charge is 0.154 e. The Morgan fingerprint density at radius 3 is 2.33 bits per heavy atom. The van der Waals surface area contributed by atoms with E-state index in [1.807, 2.05) is 6.07 Å². The van der Waals surface area contributed by atoms with Crippen molar-refractivity contribution in [3.05, 3.63) is 35.5 Å². The van der Waals surface area contributed by atoms with Gasteiger partial charge in [-0.05, 0) is 12.1 Å². The molecule has 1 rings (SSSR count). The van der Waals surface area contributed by atoms with E-state index < -0.39 is 0 Å². The van der Waals surface area contributed by atoms with Crippen molar-refractivity contribution in [1.29, 1.82) is 0 Å². The lowest BCUT2D eigenvalue weighted by Crippen LogP contribution is -2.06. The standard InChI is InChI=1S/C8H11N3O/c1-10(2)9-11(12)8-6-4-3-5-7-8/h3-7H,1-2H3. The van der Waals surface area contributed by atoms with Crippen LogP contribution in [0.5, 0.6) is 0 Å². The summed E-state index contributed by atoms with van der Waals surface area (Å²) < 4.78 is 0. The van der Waals surface area contributed by atoms with Crippen LogP contribution in [-0.4, -0.2) is 24.0 Å². The van der Waals surface area contributed by atoms with Crippen LogP contribution < -0.4 is 0 Å². The number of hydrogen-bond donors (Lipinski definition) is 0. The molecule has 1 aromatic carbocycles. The molecule has 0 atom stereocenters. The third-order valence-electron chi connectivity index (χ3n) is 1.24. The first kappa shape index (κ1) is 8.52. The van der Waals surface area contributed by atoms with Gasteiger partial charge in [-0.15, -0.1) is 4.86 Å². The number of nitrogens with zero attached hydrogens (tertiary/aromatic N) is 3. The highest BCUT2D eigenvalue weighted by Gasteiger charge is 1.95.